The summed E-state index contributed by atoms with van der Waals surface area (Å²) in [5.74, 6) is 2.90. The molecule has 0 aromatic carbocycles. The third-order valence-electron chi connectivity index (χ3n) is 4.89. The van der Waals surface area contributed by atoms with E-state index in [2.05, 4.69) is 19.1 Å². The van der Waals surface area contributed by atoms with E-state index in [9.17, 15) is 0 Å². The zero-order valence-corrected chi connectivity index (χ0v) is 11.7. The molecule has 0 unspecified atom stereocenters. The Hall–Kier alpha value is -0.260. The number of allylic oxidation sites excluding steroid dienone is 2. The van der Waals surface area contributed by atoms with E-state index in [-0.39, 0.29) is 0 Å². The Bertz CT molecular complexity index is 214. The fourth-order valence-corrected chi connectivity index (χ4v) is 3.72. The fourth-order valence-electron chi connectivity index (χ4n) is 3.72. The van der Waals surface area contributed by atoms with Crippen LogP contribution in [0.5, 0.6) is 0 Å². The predicted molar refractivity (Wildman–Crippen MR) is 76.1 cm³/mol. The summed E-state index contributed by atoms with van der Waals surface area (Å²) in [5.41, 5.74) is 0. The highest BCUT2D eigenvalue weighted by atomic mass is 14.2. The van der Waals surface area contributed by atoms with Gasteiger partial charge in [-0.25, -0.2) is 0 Å². The summed E-state index contributed by atoms with van der Waals surface area (Å²) in [4.78, 5) is 0. The summed E-state index contributed by atoms with van der Waals surface area (Å²) in [6.45, 7) is 2.33. The van der Waals surface area contributed by atoms with Crippen LogP contribution in [0.15, 0.2) is 12.2 Å². The topological polar surface area (TPSA) is 0 Å². The first kappa shape index (κ1) is 13.2. The van der Waals surface area contributed by atoms with Gasteiger partial charge in [0.15, 0.2) is 0 Å². The Morgan fingerprint density at radius 1 is 0.765 bits per heavy atom. The van der Waals surface area contributed by atoms with Crippen molar-refractivity contribution in [2.45, 2.75) is 77.6 Å². The van der Waals surface area contributed by atoms with Gasteiger partial charge in [-0.1, -0.05) is 51.2 Å². The second kappa shape index (κ2) is 7.24. The van der Waals surface area contributed by atoms with Crippen LogP contribution in [0.4, 0.5) is 0 Å². The molecule has 17 heavy (non-hydrogen) atoms. The molecule has 0 spiro atoms. The Morgan fingerprint density at radius 2 is 1.35 bits per heavy atom. The lowest BCUT2D eigenvalue weighted by Gasteiger charge is -2.27. The molecule has 0 nitrogen and oxygen atoms in total. The molecule has 0 heteroatoms. The standard InChI is InChI=1S/C17H30/c1-2-6-15-9-12-17(13-10-15)14-11-16-7-4-3-5-8-16/h11,14-17H,2-10,12-13H2,1H3. The first-order chi connectivity index (χ1) is 8.38. The Balaban J connectivity index is 1.68. The summed E-state index contributed by atoms with van der Waals surface area (Å²) in [7, 11) is 0. The fraction of sp³-hybridized carbons (Fsp3) is 0.882. The van der Waals surface area contributed by atoms with E-state index in [1.54, 1.807) is 0 Å². The van der Waals surface area contributed by atoms with Crippen LogP contribution in [-0.4, -0.2) is 0 Å². The maximum Gasteiger partial charge on any atom is -0.0233 e. The summed E-state index contributed by atoms with van der Waals surface area (Å²) in [6.07, 6.45) is 21.3. The molecule has 0 bridgehead atoms. The van der Waals surface area contributed by atoms with Gasteiger partial charge < -0.3 is 0 Å². The molecule has 0 radical (unpaired) electrons. The zero-order chi connectivity index (χ0) is 11.9. The van der Waals surface area contributed by atoms with Crippen molar-refractivity contribution < 1.29 is 0 Å². The molecule has 0 aliphatic heterocycles. The highest BCUT2D eigenvalue weighted by Gasteiger charge is 2.19. The van der Waals surface area contributed by atoms with Crippen molar-refractivity contribution in [2.75, 3.05) is 0 Å². The van der Waals surface area contributed by atoms with Crippen molar-refractivity contribution >= 4 is 0 Å². The average Bonchev–Trinajstić information content (AvgIpc) is 2.40. The van der Waals surface area contributed by atoms with E-state index in [1.165, 1.54) is 70.6 Å². The second-order valence-electron chi connectivity index (χ2n) is 6.35. The molecule has 0 aromatic heterocycles. The van der Waals surface area contributed by atoms with Gasteiger partial charge in [-0.2, -0.15) is 0 Å². The lowest BCUT2D eigenvalue weighted by Crippen LogP contribution is -2.13. The molecule has 2 saturated carbocycles. The average molecular weight is 234 g/mol. The van der Waals surface area contributed by atoms with E-state index < -0.39 is 0 Å². The molecule has 0 heterocycles. The van der Waals surface area contributed by atoms with Gasteiger partial charge in [0.2, 0.25) is 0 Å². The molecule has 0 N–H and O–H groups in total. The lowest BCUT2D eigenvalue weighted by atomic mass is 9.79. The van der Waals surface area contributed by atoms with Gasteiger partial charge in [0.05, 0.1) is 0 Å². The van der Waals surface area contributed by atoms with Crippen molar-refractivity contribution in [3.05, 3.63) is 12.2 Å². The third-order valence-corrected chi connectivity index (χ3v) is 4.89. The molecule has 0 saturated heterocycles. The molecule has 2 aliphatic rings. The molecule has 2 aliphatic carbocycles. The molecule has 2 rings (SSSR count). The molecule has 0 amide bonds. The first-order valence-electron chi connectivity index (χ1n) is 8.06. The van der Waals surface area contributed by atoms with Crippen LogP contribution in [0.25, 0.3) is 0 Å². The van der Waals surface area contributed by atoms with Crippen LogP contribution in [0.3, 0.4) is 0 Å². The molecular formula is C17H30. The summed E-state index contributed by atoms with van der Waals surface area (Å²) in [5, 5.41) is 0. The van der Waals surface area contributed by atoms with Crippen LogP contribution >= 0.6 is 0 Å². The highest BCUT2D eigenvalue weighted by Crippen LogP contribution is 2.33. The van der Waals surface area contributed by atoms with E-state index in [4.69, 9.17) is 0 Å². The predicted octanol–water partition coefficient (Wildman–Crippen LogP) is 5.73. The Kier molecular flexibility index (Phi) is 5.61. The van der Waals surface area contributed by atoms with Crippen molar-refractivity contribution in [3.8, 4) is 0 Å². The number of rotatable bonds is 4. The summed E-state index contributed by atoms with van der Waals surface area (Å²) in [6, 6.07) is 0. The largest absolute Gasteiger partial charge is 0.0851 e. The monoisotopic (exact) mass is 234 g/mol. The van der Waals surface area contributed by atoms with Crippen LogP contribution in [-0.2, 0) is 0 Å². The van der Waals surface area contributed by atoms with Crippen LogP contribution in [0.2, 0.25) is 0 Å². The van der Waals surface area contributed by atoms with E-state index in [0.29, 0.717) is 0 Å². The highest BCUT2D eigenvalue weighted by molar-refractivity contribution is 4.95. The zero-order valence-electron chi connectivity index (χ0n) is 11.7. The first-order valence-corrected chi connectivity index (χ1v) is 8.06. The van der Waals surface area contributed by atoms with Gasteiger partial charge >= 0.3 is 0 Å². The van der Waals surface area contributed by atoms with Crippen LogP contribution in [0, 0.1) is 17.8 Å². The van der Waals surface area contributed by atoms with Crippen LogP contribution in [0.1, 0.15) is 77.6 Å². The SMILES string of the molecule is CCCC1CCC(C=CC2CCCCC2)CC1. The van der Waals surface area contributed by atoms with Crippen molar-refractivity contribution in [2.24, 2.45) is 17.8 Å². The minimum absolute atomic E-state index is 0.921. The van der Waals surface area contributed by atoms with Gasteiger partial charge in [0.1, 0.15) is 0 Å². The van der Waals surface area contributed by atoms with E-state index in [0.717, 1.165) is 17.8 Å². The minimum atomic E-state index is 0.921. The Labute approximate surface area is 108 Å². The van der Waals surface area contributed by atoms with Crippen molar-refractivity contribution in [3.63, 3.8) is 0 Å². The molecule has 0 aromatic rings. The van der Waals surface area contributed by atoms with Crippen LogP contribution < -0.4 is 0 Å². The van der Waals surface area contributed by atoms with E-state index in [1.807, 2.05) is 0 Å². The quantitative estimate of drug-likeness (QED) is 0.545. The normalized spacial score (nSPS) is 32.1. The summed E-state index contributed by atoms with van der Waals surface area (Å²) < 4.78 is 0. The van der Waals surface area contributed by atoms with E-state index >= 15 is 0 Å². The summed E-state index contributed by atoms with van der Waals surface area (Å²) >= 11 is 0. The van der Waals surface area contributed by atoms with Gasteiger partial charge in [0, 0.05) is 0 Å². The van der Waals surface area contributed by atoms with Crippen molar-refractivity contribution in [1.82, 2.24) is 0 Å². The molecule has 2 fully saturated rings. The van der Waals surface area contributed by atoms with Gasteiger partial charge in [-0.05, 0) is 56.3 Å². The van der Waals surface area contributed by atoms with Gasteiger partial charge in [0.25, 0.3) is 0 Å². The molecule has 0 atom stereocenters. The smallest absolute Gasteiger partial charge is 0.0233 e. The number of hydrogen-bond acceptors (Lipinski definition) is 0. The lowest BCUT2D eigenvalue weighted by molar-refractivity contribution is 0.293. The number of hydrogen-bond donors (Lipinski definition) is 0. The molecule has 98 valence electrons. The van der Waals surface area contributed by atoms with Gasteiger partial charge in [-0.15, -0.1) is 0 Å². The van der Waals surface area contributed by atoms with Gasteiger partial charge in [-0.3, -0.25) is 0 Å². The third kappa shape index (κ3) is 4.48. The minimum Gasteiger partial charge on any atom is -0.0851 e. The Morgan fingerprint density at radius 3 is 1.94 bits per heavy atom. The van der Waals surface area contributed by atoms with Crippen molar-refractivity contribution in [1.29, 1.82) is 0 Å². The maximum atomic E-state index is 2.58. The maximum absolute atomic E-state index is 2.58. The molecular weight excluding hydrogens is 204 g/mol. The second-order valence-corrected chi connectivity index (χ2v) is 6.35.